The molecule has 0 fully saturated rings. The molecular weight excluding hydrogens is 682 g/mol. The fraction of sp³-hybridized carbons (Fsp3) is 0.0435. The zero-order chi connectivity index (χ0) is 36.8. The van der Waals surface area contributed by atoms with Crippen molar-refractivity contribution >= 4 is 45.9 Å². The molecule has 9 rings (SSSR count). The van der Waals surface area contributed by atoms with Gasteiger partial charge in [-0.1, -0.05) is 121 Å². The molecule has 5 heterocycles. The van der Waals surface area contributed by atoms with Crippen LogP contribution in [-0.4, -0.2) is 37.3 Å². The van der Waals surface area contributed by atoms with E-state index < -0.39 is 12.3 Å². The predicted molar refractivity (Wildman–Crippen MR) is 212 cm³/mol. The third-order valence-corrected chi connectivity index (χ3v) is 9.75. The first kappa shape index (κ1) is 33.1. The Morgan fingerprint density at radius 3 is 1.19 bits per heavy atom. The maximum atomic E-state index is 14.6. The van der Waals surface area contributed by atoms with Gasteiger partial charge in [0, 0.05) is 49.9 Å². The van der Waals surface area contributed by atoms with Crippen molar-refractivity contribution in [3.63, 3.8) is 0 Å². The van der Waals surface area contributed by atoms with E-state index in [1.54, 1.807) is 0 Å². The molecule has 8 heteroatoms. The van der Waals surface area contributed by atoms with Crippen molar-refractivity contribution in [2.24, 2.45) is 0 Å². The fourth-order valence-electron chi connectivity index (χ4n) is 7.32. The van der Waals surface area contributed by atoms with Gasteiger partial charge in [-0.3, -0.25) is 0 Å². The highest BCUT2D eigenvalue weighted by molar-refractivity contribution is 6.02. The van der Waals surface area contributed by atoms with E-state index in [0.29, 0.717) is 33.2 Å². The van der Waals surface area contributed by atoms with Gasteiger partial charge in [0.2, 0.25) is 0 Å². The second-order valence-corrected chi connectivity index (χ2v) is 13.1. The Morgan fingerprint density at radius 1 is 0.444 bits per heavy atom. The maximum Gasteiger partial charge on any atom is 0.418 e. The summed E-state index contributed by atoms with van der Waals surface area (Å²) in [6.45, 7) is 0. The standard InChI is InChI=1S/C46H31F3N4O/c47-46(48,49)45(54)32-27-39-42(30-17-9-3-10-18-30)37-24-23-35(51-37)40(28-13-5-1-6-14-28)33-21-22-34(50-33)41(29-15-7-2-8-16-29)36-25-26-38(52-36)43(44(32)53-39)31-19-11-4-12-20-31/h1-27,45,51-52,54H. The minimum atomic E-state index is -4.95. The normalized spacial score (nSPS) is 13.1. The first-order valence-electron chi connectivity index (χ1n) is 17.5. The lowest BCUT2D eigenvalue weighted by atomic mass is 9.96. The third kappa shape index (κ3) is 5.92. The van der Waals surface area contributed by atoms with Crippen LogP contribution in [0.2, 0.25) is 0 Å². The van der Waals surface area contributed by atoms with Gasteiger partial charge in [-0.05, 0) is 64.7 Å². The third-order valence-electron chi connectivity index (χ3n) is 9.75. The summed E-state index contributed by atoms with van der Waals surface area (Å²) >= 11 is 0. The lowest BCUT2D eigenvalue weighted by Gasteiger charge is -2.17. The molecule has 3 aromatic heterocycles. The molecule has 7 aromatic rings. The molecule has 54 heavy (non-hydrogen) atoms. The van der Waals surface area contributed by atoms with Crippen molar-refractivity contribution in [1.82, 2.24) is 19.9 Å². The lowest BCUT2D eigenvalue weighted by Crippen LogP contribution is -2.29. The van der Waals surface area contributed by atoms with Gasteiger partial charge in [0.15, 0.2) is 6.10 Å². The molecule has 0 radical (unpaired) electrons. The monoisotopic (exact) mass is 712 g/mol. The van der Waals surface area contributed by atoms with Crippen LogP contribution in [0.4, 0.5) is 13.2 Å². The van der Waals surface area contributed by atoms with Crippen LogP contribution in [0.3, 0.4) is 0 Å². The summed E-state index contributed by atoms with van der Waals surface area (Å²) in [6.07, 6.45) is -2.37. The Kier molecular flexibility index (Phi) is 8.17. The molecule has 4 aromatic carbocycles. The molecule has 0 aliphatic carbocycles. The summed E-state index contributed by atoms with van der Waals surface area (Å²) in [7, 11) is 0. The number of nitrogens with zero attached hydrogens (tertiary/aromatic N) is 2. The van der Waals surface area contributed by atoms with E-state index in [2.05, 4.69) is 9.97 Å². The SMILES string of the molecule is OC(C1=Cc2nc1c(-c1ccccc1)c1ccc([nH]1)c(-c1ccccc1)c1nc(c(-c3ccccc3)c3ccc([nH]3)c2-c2ccccc2)C=C1)C(F)(F)F. The van der Waals surface area contributed by atoms with Crippen LogP contribution in [0, 0.1) is 0 Å². The van der Waals surface area contributed by atoms with E-state index in [4.69, 9.17) is 9.97 Å². The van der Waals surface area contributed by atoms with E-state index in [0.717, 1.165) is 44.7 Å². The molecule has 2 aliphatic heterocycles. The lowest BCUT2D eigenvalue weighted by molar-refractivity contribution is -0.184. The maximum absolute atomic E-state index is 14.6. The van der Waals surface area contributed by atoms with Crippen LogP contribution in [-0.2, 0) is 0 Å². The highest BCUT2D eigenvalue weighted by Crippen LogP contribution is 2.43. The number of rotatable bonds is 5. The average molecular weight is 713 g/mol. The van der Waals surface area contributed by atoms with Gasteiger partial charge >= 0.3 is 6.18 Å². The van der Waals surface area contributed by atoms with Gasteiger partial charge in [-0.15, -0.1) is 0 Å². The fourth-order valence-corrected chi connectivity index (χ4v) is 7.32. The van der Waals surface area contributed by atoms with Gasteiger partial charge in [0.1, 0.15) is 0 Å². The highest BCUT2D eigenvalue weighted by atomic mass is 19.4. The number of aromatic amines is 2. The molecule has 5 nitrogen and oxygen atoms in total. The number of aromatic nitrogens is 4. The molecule has 8 bridgehead atoms. The topological polar surface area (TPSA) is 77.6 Å². The Labute approximate surface area is 308 Å². The van der Waals surface area contributed by atoms with E-state index >= 15 is 0 Å². The summed E-state index contributed by atoms with van der Waals surface area (Å²) in [4.78, 5) is 17.4. The van der Waals surface area contributed by atoms with Crippen LogP contribution < -0.4 is 0 Å². The Balaban J connectivity index is 1.52. The number of benzene rings is 4. The number of H-pyrrole nitrogens is 2. The quantitative estimate of drug-likeness (QED) is 0.166. The van der Waals surface area contributed by atoms with Crippen LogP contribution in [0.1, 0.15) is 22.8 Å². The van der Waals surface area contributed by atoms with Crippen molar-refractivity contribution < 1.29 is 18.3 Å². The smallest absolute Gasteiger partial charge is 0.379 e. The minimum Gasteiger partial charge on any atom is -0.379 e. The molecule has 0 saturated carbocycles. The largest absolute Gasteiger partial charge is 0.418 e. The number of alkyl halides is 3. The first-order chi connectivity index (χ1) is 26.3. The van der Waals surface area contributed by atoms with Crippen molar-refractivity contribution in [2.75, 3.05) is 0 Å². The number of aliphatic hydroxyl groups excluding tert-OH is 1. The Morgan fingerprint density at radius 2 is 0.796 bits per heavy atom. The zero-order valence-electron chi connectivity index (χ0n) is 28.6. The second kappa shape index (κ2) is 13.3. The van der Waals surface area contributed by atoms with E-state index in [-0.39, 0.29) is 17.0 Å². The molecule has 1 unspecified atom stereocenters. The number of hydrogen-bond donors (Lipinski definition) is 3. The number of fused-ring (bicyclic) bond motifs is 8. The van der Waals surface area contributed by atoms with Crippen LogP contribution in [0.5, 0.6) is 0 Å². The Bertz CT molecular complexity index is 2750. The number of hydrogen-bond acceptors (Lipinski definition) is 3. The van der Waals surface area contributed by atoms with E-state index in [9.17, 15) is 18.3 Å². The van der Waals surface area contributed by atoms with Gasteiger partial charge in [0.05, 0.1) is 22.8 Å². The summed E-state index contributed by atoms with van der Waals surface area (Å²) in [5, 5.41) is 11.0. The van der Waals surface area contributed by atoms with Crippen molar-refractivity contribution in [1.29, 1.82) is 0 Å². The van der Waals surface area contributed by atoms with Gasteiger partial charge in [0.25, 0.3) is 0 Å². The molecule has 0 spiro atoms. The summed E-state index contributed by atoms with van der Waals surface area (Å²) in [6, 6.07) is 46.1. The first-order valence-corrected chi connectivity index (χ1v) is 17.5. The van der Waals surface area contributed by atoms with Crippen LogP contribution in [0.15, 0.2) is 146 Å². The molecular formula is C46H31F3N4O. The van der Waals surface area contributed by atoms with E-state index in [1.807, 2.05) is 158 Å². The number of halogens is 3. The summed E-state index contributed by atoms with van der Waals surface area (Å²) in [5.41, 5.74) is 9.97. The molecule has 0 saturated heterocycles. The van der Waals surface area contributed by atoms with Crippen molar-refractivity contribution in [3.05, 3.63) is 168 Å². The molecule has 1 atom stereocenters. The Hall–Kier alpha value is -6.77. The van der Waals surface area contributed by atoms with Gasteiger partial charge in [-0.25, -0.2) is 9.97 Å². The van der Waals surface area contributed by atoms with Crippen molar-refractivity contribution in [3.8, 4) is 44.5 Å². The number of nitrogens with one attached hydrogen (secondary N) is 2. The van der Waals surface area contributed by atoms with Crippen LogP contribution >= 0.6 is 0 Å². The average Bonchev–Trinajstić information content (AvgIpc) is 4.03. The van der Waals surface area contributed by atoms with E-state index in [1.165, 1.54) is 6.08 Å². The summed E-state index contributed by atoms with van der Waals surface area (Å²) < 4.78 is 43.8. The predicted octanol–water partition coefficient (Wildman–Crippen LogP) is 11.6. The molecule has 3 N–H and O–H groups in total. The highest BCUT2D eigenvalue weighted by Gasteiger charge is 2.43. The van der Waals surface area contributed by atoms with Crippen molar-refractivity contribution in [2.45, 2.75) is 12.3 Å². The number of aliphatic hydroxyl groups is 1. The van der Waals surface area contributed by atoms with Crippen LogP contribution in [0.25, 0.3) is 90.4 Å². The molecule has 2 aliphatic rings. The molecule has 262 valence electrons. The molecule has 0 amide bonds. The summed E-state index contributed by atoms with van der Waals surface area (Å²) in [5.74, 6) is 0. The zero-order valence-corrected chi connectivity index (χ0v) is 28.6. The second-order valence-electron chi connectivity index (χ2n) is 13.1. The van der Waals surface area contributed by atoms with Gasteiger partial charge in [-0.2, -0.15) is 13.2 Å². The van der Waals surface area contributed by atoms with Gasteiger partial charge < -0.3 is 15.1 Å². The minimum absolute atomic E-state index is 0.0215.